The average Bonchev–Trinajstić information content (AvgIpc) is 3.90. The number of hydrogen-bond donors (Lipinski definition) is 0. The Morgan fingerprint density at radius 1 is 0.288 bits per heavy atom. The van der Waals surface area contributed by atoms with Gasteiger partial charge in [-0.15, -0.1) is 0 Å². The fourth-order valence-electron chi connectivity index (χ4n) is 11.9. The first-order chi connectivity index (χ1) is 32.8. The van der Waals surface area contributed by atoms with Gasteiger partial charge in [0.25, 0.3) is 0 Å². The van der Waals surface area contributed by atoms with Crippen molar-refractivity contribution in [3.8, 4) is 50.2 Å². The van der Waals surface area contributed by atoms with Gasteiger partial charge in [0.1, 0.15) is 0 Å². The molecule has 0 amide bonds. The summed E-state index contributed by atoms with van der Waals surface area (Å²) in [5.41, 5.74) is 18.2. The van der Waals surface area contributed by atoms with E-state index < -0.39 is 5.41 Å². The molecular formula is C65H41N. The Kier molecular flexibility index (Phi) is 7.97. The van der Waals surface area contributed by atoms with Gasteiger partial charge in [-0.2, -0.15) is 0 Å². The van der Waals surface area contributed by atoms with Gasteiger partial charge in [0.05, 0.1) is 16.4 Å². The highest BCUT2D eigenvalue weighted by molar-refractivity contribution is 6.39. The van der Waals surface area contributed by atoms with E-state index in [2.05, 4.69) is 253 Å². The Balaban J connectivity index is 1.06. The first kappa shape index (κ1) is 36.9. The number of fused-ring (bicyclic) bond motifs is 8. The van der Waals surface area contributed by atoms with Crippen molar-refractivity contribution in [2.45, 2.75) is 5.41 Å². The second kappa shape index (κ2) is 14.2. The largest absolute Gasteiger partial charge is 0.309 e. The quantitative estimate of drug-likeness (QED) is 0.147. The van der Waals surface area contributed by atoms with Crippen molar-refractivity contribution in [2.75, 3.05) is 0 Å². The molecule has 13 aromatic rings. The van der Waals surface area contributed by atoms with E-state index in [1.54, 1.807) is 0 Å². The van der Waals surface area contributed by atoms with E-state index in [1.165, 1.54) is 121 Å². The standard InChI is InChI=1S/C65H41N/c1-5-19-42(20-6-1)46-37-47(43-21-7-2-8-22-43)39-50(38-46)66-60-34-16-14-29-53(60)63-54-31-17-23-45-41-56(52-30-18-32-55(64(63)66)62(52)61(45)54)44-35-36-59-57(40-44)51-28-13-15-33-58(51)65(59,48-24-9-3-10-25-48)49-26-11-4-12-27-49/h1-41H. The minimum Gasteiger partial charge on any atom is -0.309 e. The van der Waals surface area contributed by atoms with Crippen molar-refractivity contribution in [2.24, 2.45) is 0 Å². The van der Waals surface area contributed by atoms with Crippen LogP contribution in [0.15, 0.2) is 249 Å². The summed E-state index contributed by atoms with van der Waals surface area (Å²) < 4.78 is 2.55. The summed E-state index contributed by atoms with van der Waals surface area (Å²) in [6.07, 6.45) is 0. The molecule has 0 spiro atoms. The van der Waals surface area contributed by atoms with Gasteiger partial charge >= 0.3 is 0 Å². The topological polar surface area (TPSA) is 4.93 Å². The smallest absolute Gasteiger partial charge is 0.0713 e. The molecule has 0 atom stereocenters. The molecule has 0 unspecified atom stereocenters. The van der Waals surface area contributed by atoms with Crippen LogP contribution in [0.1, 0.15) is 22.3 Å². The second-order valence-electron chi connectivity index (χ2n) is 17.9. The Hall–Kier alpha value is -8.52. The number of hydrogen-bond acceptors (Lipinski definition) is 0. The zero-order chi connectivity index (χ0) is 43.3. The Morgan fingerprint density at radius 2 is 0.848 bits per heavy atom. The van der Waals surface area contributed by atoms with Gasteiger partial charge in [0.15, 0.2) is 0 Å². The molecule has 0 fully saturated rings. The van der Waals surface area contributed by atoms with Crippen molar-refractivity contribution in [1.29, 1.82) is 0 Å². The molecule has 1 nitrogen and oxygen atoms in total. The van der Waals surface area contributed by atoms with Crippen LogP contribution in [0.3, 0.4) is 0 Å². The highest BCUT2D eigenvalue weighted by atomic mass is 15.0. The van der Waals surface area contributed by atoms with Crippen LogP contribution in [-0.4, -0.2) is 4.57 Å². The SMILES string of the molecule is c1ccc(-c2cc(-c3ccccc3)cc(-n3c4ccccc4c4c5cccc6cc(-c7ccc8c(c7)-c7ccccc7C8(c7ccccc7)c7ccccc7)c7cccc(c7c65)c43)c2)cc1. The number of benzene rings is 12. The Morgan fingerprint density at radius 3 is 1.56 bits per heavy atom. The predicted octanol–water partition coefficient (Wildman–Crippen LogP) is 17.0. The lowest BCUT2D eigenvalue weighted by Gasteiger charge is -2.33. The van der Waals surface area contributed by atoms with Crippen molar-refractivity contribution in [3.05, 3.63) is 271 Å². The van der Waals surface area contributed by atoms with E-state index >= 15 is 0 Å². The molecule has 0 saturated carbocycles. The molecule has 0 aliphatic heterocycles. The van der Waals surface area contributed by atoms with E-state index in [0.717, 1.165) is 5.69 Å². The summed E-state index contributed by atoms with van der Waals surface area (Å²) >= 11 is 0. The number of para-hydroxylation sites is 1. The number of rotatable bonds is 6. The molecule has 12 aromatic carbocycles. The first-order valence-electron chi connectivity index (χ1n) is 23.0. The molecule has 66 heavy (non-hydrogen) atoms. The summed E-state index contributed by atoms with van der Waals surface area (Å²) in [4.78, 5) is 0. The van der Waals surface area contributed by atoms with E-state index in [4.69, 9.17) is 0 Å². The Labute approximate surface area is 383 Å². The third-order valence-corrected chi connectivity index (χ3v) is 14.6. The molecule has 1 aliphatic rings. The van der Waals surface area contributed by atoms with E-state index in [1.807, 2.05) is 0 Å². The minimum absolute atomic E-state index is 0.441. The van der Waals surface area contributed by atoms with Gasteiger partial charge in [-0.25, -0.2) is 0 Å². The highest BCUT2D eigenvalue weighted by Crippen LogP contribution is 2.57. The first-order valence-corrected chi connectivity index (χ1v) is 23.0. The highest BCUT2D eigenvalue weighted by Gasteiger charge is 2.46. The van der Waals surface area contributed by atoms with E-state index in [9.17, 15) is 0 Å². The Bertz CT molecular complexity index is 3920. The summed E-state index contributed by atoms with van der Waals surface area (Å²) in [6, 6.07) is 92.6. The van der Waals surface area contributed by atoms with Crippen LogP contribution in [0.2, 0.25) is 0 Å². The molecule has 0 bridgehead atoms. The molecule has 306 valence electrons. The van der Waals surface area contributed by atoms with Crippen LogP contribution in [0.5, 0.6) is 0 Å². The summed E-state index contributed by atoms with van der Waals surface area (Å²) in [5.74, 6) is 0. The molecular weight excluding hydrogens is 795 g/mol. The molecule has 0 saturated heterocycles. The van der Waals surface area contributed by atoms with Crippen molar-refractivity contribution >= 4 is 54.1 Å². The predicted molar refractivity (Wildman–Crippen MR) is 278 cm³/mol. The van der Waals surface area contributed by atoms with Crippen LogP contribution in [0, 0.1) is 0 Å². The molecule has 0 radical (unpaired) electrons. The molecule has 1 aliphatic carbocycles. The van der Waals surface area contributed by atoms with Crippen LogP contribution < -0.4 is 0 Å². The van der Waals surface area contributed by atoms with E-state index in [0.29, 0.717) is 0 Å². The maximum absolute atomic E-state index is 2.55. The van der Waals surface area contributed by atoms with Crippen molar-refractivity contribution < 1.29 is 0 Å². The van der Waals surface area contributed by atoms with Gasteiger partial charge in [0.2, 0.25) is 0 Å². The average molecular weight is 836 g/mol. The van der Waals surface area contributed by atoms with Crippen LogP contribution in [0.4, 0.5) is 0 Å². The van der Waals surface area contributed by atoms with Crippen LogP contribution >= 0.6 is 0 Å². The zero-order valence-corrected chi connectivity index (χ0v) is 36.1. The summed E-state index contributed by atoms with van der Waals surface area (Å²) in [5, 5.41) is 10.3. The second-order valence-corrected chi connectivity index (χ2v) is 17.9. The maximum atomic E-state index is 2.55. The van der Waals surface area contributed by atoms with E-state index in [-0.39, 0.29) is 0 Å². The third kappa shape index (κ3) is 5.17. The van der Waals surface area contributed by atoms with Crippen LogP contribution in [0.25, 0.3) is 104 Å². The fraction of sp³-hybridized carbons (Fsp3) is 0.0154. The lowest BCUT2D eigenvalue weighted by molar-refractivity contribution is 0.768. The number of nitrogens with zero attached hydrogens (tertiary/aromatic N) is 1. The fourth-order valence-corrected chi connectivity index (χ4v) is 11.9. The summed E-state index contributed by atoms with van der Waals surface area (Å²) in [7, 11) is 0. The minimum atomic E-state index is -0.441. The van der Waals surface area contributed by atoms with Gasteiger partial charge < -0.3 is 4.57 Å². The third-order valence-electron chi connectivity index (χ3n) is 14.6. The molecule has 1 heteroatoms. The lowest BCUT2D eigenvalue weighted by atomic mass is 9.67. The van der Waals surface area contributed by atoms with Gasteiger partial charge in [-0.05, 0) is 125 Å². The van der Waals surface area contributed by atoms with Crippen molar-refractivity contribution in [1.82, 2.24) is 4.57 Å². The molecule has 14 rings (SSSR count). The van der Waals surface area contributed by atoms with Gasteiger partial charge in [-0.3, -0.25) is 0 Å². The number of aromatic nitrogens is 1. The lowest BCUT2D eigenvalue weighted by Crippen LogP contribution is -2.28. The molecule has 1 aromatic heterocycles. The van der Waals surface area contributed by atoms with Crippen LogP contribution in [-0.2, 0) is 5.41 Å². The zero-order valence-electron chi connectivity index (χ0n) is 36.1. The van der Waals surface area contributed by atoms with Gasteiger partial charge in [0, 0.05) is 27.2 Å². The summed E-state index contributed by atoms with van der Waals surface area (Å²) in [6.45, 7) is 0. The van der Waals surface area contributed by atoms with Gasteiger partial charge in [-0.1, -0.05) is 212 Å². The maximum Gasteiger partial charge on any atom is 0.0713 e. The normalized spacial score (nSPS) is 13.0. The monoisotopic (exact) mass is 835 g/mol. The van der Waals surface area contributed by atoms with Crippen molar-refractivity contribution in [3.63, 3.8) is 0 Å². The molecule has 1 heterocycles. The molecule has 0 N–H and O–H groups in total.